The SMILES string of the molecule is Cc1ccc(NC(=O)c2cc(C(C)(F)F)ccn2)cc1-c1cnc(N2CCOCC2)c(C#N)c1. The molecule has 2 aromatic heterocycles. The van der Waals surface area contributed by atoms with Crippen molar-refractivity contribution >= 4 is 17.4 Å². The van der Waals surface area contributed by atoms with Crippen LogP contribution in [-0.2, 0) is 10.7 Å². The van der Waals surface area contributed by atoms with Crippen LogP contribution in [0.25, 0.3) is 11.1 Å². The highest BCUT2D eigenvalue weighted by Crippen LogP contribution is 2.30. The van der Waals surface area contributed by atoms with E-state index in [4.69, 9.17) is 4.74 Å². The standard InChI is InChI=1S/C25H23F2N5O2/c1-16-3-4-20(31-24(33)22-12-19(5-6-29-22)25(2,26)27)13-21(16)18-11-17(14-28)23(30-15-18)32-7-9-34-10-8-32/h3-6,11-13,15H,7-10H2,1-2H3,(H,31,33). The van der Waals surface area contributed by atoms with Crippen molar-refractivity contribution in [1.29, 1.82) is 5.26 Å². The third-order valence-corrected chi connectivity index (χ3v) is 5.60. The summed E-state index contributed by atoms with van der Waals surface area (Å²) >= 11 is 0. The first-order valence-corrected chi connectivity index (χ1v) is 10.8. The second-order valence-electron chi connectivity index (χ2n) is 8.11. The number of aryl methyl sites for hydroxylation is 1. The zero-order valence-electron chi connectivity index (χ0n) is 18.8. The molecule has 1 fully saturated rings. The first-order valence-electron chi connectivity index (χ1n) is 10.8. The van der Waals surface area contributed by atoms with Crippen LogP contribution < -0.4 is 10.2 Å². The van der Waals surface area contributed by atoms with Gasteiger partial charge in [-0.3, -0.25) is 9.78 Å². The number of carbonyl (C=O) groups excluding carboxylic acids is 1. The van der Waals surface area contributed by atoms with E-state index < -0.39 is 11.8 Å². The van der Waals surface area contributed by atoms with Crippen molar-refractivity contribution < 1.29 is 18.3 Å². The Hall–Kier alpha value is -3.90. The minimum atomic E-state index is -3.08. The zero-order valence-corrected chi connectivity index (χ0v) is 18.8. The highest BCUT2D eigenvalue weighted by atomic mass is 19.3. The molecule has 34 heavy (non-hydrogen) atoms. The highest BCUT2D eigenvalue weighted by Gasteiger charge is 2.25. The zero-order chi connectivity index (χ0) is 24.3. The number of benzene rings is 1. The fraction of sp³-hybridized carbons (Fsp3) is 0.280. The number of hydrogen-bond acceptors (Lipinski definition) is 6. The number of anilines is 2. The molecule has 0 unspecified atom stereocenters. The summed E-state index contributed by atoms with van der Waals surface area (Å²) in [5.74, 6) is -3.05. The normalized spacial score (nSPS) is 13.9. The number of amides is 1. The molecule has 0 saturated carbocycles. The Morgan fingerprint density at radius 3 is 2.65 bits per heavy atom. The summed E-state index contributed by atoms with van der Waals surface area (Å²) in [6, 6.07) is 11.6. The number of hydrogen-bond donors (Lipinski definition) is 1. The van der Waals surface area contributed by atoms with Crippen molar-refractivity contribution in [2.75, 3.05) is 36.5 Å². The molecular weight excluding hydrogens is 440 g/mol. The smallest absolute Gasteiger partial charge is 0.274 e. The van der Waals surface area contributed by atoms with Gasteiger partial charge in [0.1, 0.15) is 17.6 Å². The maximum Gasteiger partial charge on any atom is 0.274 e. The van der Waals surface area contributed by atoms with E-state index in [1.807, 2.05) is 17.9 Å². The van der Waals surface area contributed by atoms with Gasteiger partial charge in [0.25, 0.3) is 11.8 Å². The van der Waals surface area contributed by atoms with E-state index in [2.05, 4.69) is 21.4 Å². The molecule has 174 valence electrons. The second-order valence-corrected chi connectivity index (χ2v) is 8.11. The Labute approximate surface area is 196 Å². The van der Waals surface area contributed by atoms with Crippen molar-refractivity contribution in [3.8, 4) is 17.2 Å². The van der Waals surface area contributed by atoms with E-state index in [1.54, 1.807) is 24.4 Å². The van der Waals surface area contributed by atoms with Crippen LogP contribution in [0.15, 0.2) is 48.8 Å². The quantitative estimate of drug-likeness (QED) is 0.598. The number of nitrogens with zero attached hydrogens (tertiary/aromatic N) is 4. The number of alkyl halides is 2. The summed E-state index contributed by atoms with van der Waals surface area (Å²) in [5, 5.41) is 12.4. The Bertz CT molecular complexity index is 1260. The number of nitriles is 1. The molecule has 1 aromatic carbocycles. The molecule has 3 aromatic rings. The molecule has 1 saturated heterocycles. The molecule has 0 radical (unpaired) electrons. The Morgan fingerprint density at radius 1 is 1.18 bits per heavy atom. The van der Waals surface area contributed by atoms with Crippen LogP contribution in [-0.4, -0.2) is 42.2 Å². The van der Waals surface area contributed by atoms with Crippen LogP contribution in [0.2, 0.25) is 0 Å². The minimum Gasteiger partial charge on any atom is -0.378 e. The van der Waals surface area contributed by atoms with Gasteiger partial charge in [-0.25, -0.2) is 13.8 Å². The number of morpholine rings is 1. The fourth-order valence-electron chi connectivity index (χ4n) is 3.75. The van der Waals surface area contributed by atoms with Gasteiger partial charge >= 0.3 is 0 Å². The van der Waals surface area contributed by atoms with Crippen LogP contribution in [0.1, 0.15) is 34.1 Å². The van der Waals surface area contributed by atoms with E-state index in [0.717, 1.165) is 29.7 Å². The lowest BCUT2D eigenvalue weighted by atomic mass is 9.99. The molecule has 1 aliphatic heterocycles. The first kappa shape index (κ1) is 23.3. The molecule has 3 heterocycles. The number of pyridine rings is 2. The molecule has 7 nitrogen and oxygen atoms in total. The molecule has 1 aliphatic rings. The summed E-state index contributed by atoms with van der Waals surface area (Å²) in [4.78, 5) is 23.1. The maximum absolute atomic E-state index is 13.6. The van der Waals surface area contributed by atoms with Crippen molar-refractivity contribution in [3.63, 3.8) is 0 Å². The van der Waals surface area contributed by atoms with Crippen molar-refractivity contribution in [2.24, 2.45) is 0 Å². The van der Waals surface area contributed by atoms with E-state index in [-0.39, 0.29) is 11.3 Å². The largest absolute Gasteiger partial charge is 0.378 e. The highest BCUT2D eigenvalue weighted by molar-refractivity contribution is 6.03. The Morgan fingerprint density at radius 2 is 1.94 bits per heavy atom. The predicted molar refractivity (Wildman–Crippen MR) is 124 cm³/mol. The number of carbonyl (C=O) groups is 1. The van der Waals surface area contributed by atoms with Gasteiger partial charge < -0.3 is 15.0 Å². The summed E-state index contributed by atoms with van der Waals surface area (Å²) < 4.78 is 32.6. The van der Waals surface area contributed by atoms with Crippen LogP contribution in [0, 0.1) is 18.3 Å². The van der Waals surface area contributed by atoms with Gasteiger partial charge in [-0.05, 0) is 48.4 Å². The van der Waals surface area contributed by atoms with Gasteiger partial charge in [0.2, 0.25) is 0 Å². The number of ether oxygens (including phenoxy) is 1. The average Bonchev–Trinajstić information content (AvgIpc) is 2.85. The van der Waals surface area contributed by atoms with E-state index in [9.17, 15) is 18.8 Å². The monoisotopic (exact) mass is 463 g/mol. The maximum atomic E-state index is 13.6. The van der Waals surface area contributed by atoms with E-state index in [0.29, 0.717) is 43.4 Å². The lowest BCUT2D eigenvalue weighted by Crippen LogP contribution is -2.37. The predicted octanol–water partition coefficient (Wildman–Crippen LogP) is 4.52. The van der Waals surface area contributed by atoms with Crippen LogP contribution >= 0.6 is 0 Å². The van der Waals surface area contributed by atoms with Gasteiger partial charge in [0.15, 0.2) is 0 Å². The molecule has 4 rings (SSSR count). The average molecular weight is 463 g/mol. The molecule has 0 spiro atoms. The fourth-order valence-corrected chi connectivity index (χ4v) is 3.75. The molecular formula is C25H23F2N5O2. The summed E-state index contributed by atoms with van der Waals surface area (Å²) in [6.07, 6.45) is 2.89. The number of halogens is 2. The molecule has 1 N–H and O–H groups in total. The summed E-state index contributed by atoms with van der Waals surface area (Å²) in [6.45, 7) is 5.19. The van der Waals surface area contributed by atoms with Gasteiger partial charge in [-0.15, -0.1) is 0 Å². The summed E-state index contributed by atoms with van der Waals surface area (Å²) in [5.41, 5.74) is 2.97. The second kappa shape index (κ2) is 9.53. The third kappa shape index (κ3) is 5.02. The number of rotatable bonds is 5. The number of aromatic nitrogens is 2. The lowest BCUT2D eigenvalue weighted by molar-refractivity contribution is 0.0173. The Balaban J connectivity index is 1.60. The van der Waals surface area contributed by atoms with Gasteiger partial charge in [-0.1, -0.05) is 6.07 Å². The molecule has 0 aliphatic carbocycles. The third-order valence-electron chi connectivity index (χ3n) is 5.60. The molecule has 0 atom stereocenters. The van der Waals surface area contributed by atoms with Gasteiger partial charge in [0.05, 0.1) is 18.8 Å². The van der Waals surface area contributed by atoms with Crippen LogP contribution in [0.5, 0.6) is 0 Å². The van der Waals surface area contributed by atoms with E-state index in [1.165, 1.54) is 12.3 Å². The molecule has 9 heteroatoms. The first-order chi connectivity index (χ1) is 16.3. The van der Waals surface area contributed by atoms with Gasteiger partial charge in [-0.2, -0.15) is 5.26 Å². The lowest BCUT2D eigenvalue weighted by Gasteiger charge is -2.28. The molecule has 1 amide bonds. The van der Waals surface area contributed by atoms with Crippen LogP contribution in [0.3, 0.4) is 0 Å². The van der Waals surface area contributed by atoms with Crippen LogP contribution in [0.4, 0.5) is 20.3 Å². The molecule has 0 bridgehead atoms. The summed E-state index contributed by atoms with van der Waals surface area (Å²) in [7, 11) is 0. The van der Waals surface area contributed by atoms with Crippen molar-refractivity contribution in [1.82, 2.24) is 9.97 Å². The van der Waals surface area contributed by atoms with E-state index >= 15 is 0 Å². The topological polar surface area (TPSA) is 91.1 Å². The van der Waals surface area contributed by atoms with Crippen molar-refractivity contribution in [2.45, 2.75) is 19.8 Å². The minimum absolute atomic E-state index is 0.107. The Kier molecular flexibility index (Phi) is 6.52. The van der Waals surface area contributed by atoms with Crippen molar-refractivity contribution in [3.05, 3.63) is 71.2 Å². The number of nitrogens with one attached hydrogen (secondary N) is 1. The van der Waals surface area contributed by atoms with Gasteiger partial charge in [0, 0.05) is 49.2 Å².